The van der Waals surface area contributed by atoms with Crippen LogP contribution in [0.1, 0.15) is 100 Å². The molecule has 0 heterocycles. The third-order valence-corrected chi connectivity index (χ3v) is 10.3. The van der Waals surface area contributed by atoms with Crippen molar-refractivity contribution >= 4 is 5.97 Å². The van der Waals surface area contributed by atoms with Gasteiger partial charge in [0.2, 0.25) is 0 Å². The number of aromatic hydroxyl groups is 1. The van der Waals surface area contributed by atoms with Gasteiger partial charge >= 0.3 is 5.97 Å². The molecule has 2 aromatic rings. The Morgan fingerprint density at radius 3 is 2.51 bits per heavy atom. The number of aliphatic carboxylic acids is 1. The van der Waals surface area contributed by atoms with E-state index in [1.807, 2.05) is 12.1 Å². The third kappa shape index (κ3) is 7.52. The van der Waals surface area contributed by atoms with E-state index in [-0.39, 0.29) is 11.3 Å². The second kappa shape index (κ2) is 13.9. The zero-order chi connectivity index (χ0) is 28.7. The van der Waals surface area contributed by atoms with Gasteiger partial charge in [-0.15, -0.1) is 0 Å². The molecule has 4 atom stereocenters. The first-order chi connectivity index (χ1) is 19.9. The smallest absolute Gasteiger partial charge is 0.307 e. The second-order valence-corrected chi connectivity index (χ2v) is 13.1. The molecule has 0 aliphatic heterocycles. The fourth-order valence-corrected chi connectivity index (χ4v) is 8.01. The molecule has 4 N–H and O–H groups in total. The maximum Gasteiger partial charge on any atom is 0.307 e. The van der Waals surface area contributed by atoms with Gasteiger partial charge in [0.15, 0.2) is 0 Å². The molecule has 0 spiro atoms. The highest BCUT2D eigenvalue weighted by Crippen LogP contribution is 2.50. The summed E-state index contributed by atoms with van der Waals surface area (Å²) in [6.45, 7) is 0.772. The molecule has 2 aromatic carbocycles. The highest BCUT2D eigenvalue weighted by Gasteiger charge is 2.43. The number of rotatable bonds is 11. The van der Waals surface area contributed by atoms with E-state index >= 15 is 0 Å². The van der Waals surface area contributed by atoms with Crippen molar-refractivity contribution in [2.45, 2.75) is 102 Å². The Kier molecular flexibility index (Phi) is 10.0. The molecule has 4 nitrogen and oxygen atoms in total. The van der Waals surface area contributed by atoms with E-state index in [0.29, 0.717) is 24.5 Å². The van der Waals surface area contributed by atoms with Gasteiger partial charge in [-0.05, 0) is 118 Å². The average Bonchev–Trinajstić information content (AvgIpc) is 3.41. The lowest BCUT2D eigenvalue weighted by Crippen LogP contribution is -2.41. The Balaban J connectivity index is 1.32. The summed E-state index contributed by atoms with van der Waals surface area (Å²) in [7, 11) is 0. The Bertz CT molecular complexity index is 1230. The molecule has 4 heteroatoms. The summed E-state index contributed by atoms with van der Waals surface area (Å²) in [5.41, 5.74) is 12.5. The first kappa shape index (κ1) is 29.6. The number of nitrogens with two attached hydrogens (primary N) is 1. The van der Waals surface area contributed by atoms with Crippen molar-refractivity contribution in [3.05, 3.63) is 88.5 Å². The van der Waals surface area contributed by atoms with E-state index in [1.54, 1.807) is 5.57 Å². The van der Waals surface area contributed by atoms with Crippen LogP contribution in [0, 0.1) is 17.8 Å². The van der Waals surface area contributed by atoms with Gasteiger partial charge in [-0.25, -0.2) is 0 Å². The van der Waals surface area contributed by atoms with Gasteiger partial charge in [-0.2, -0.15) is 0 Å². The van der Waals surface area contributed by atoms with Crippen LogP contribution in [0.5, 0.6) is 5.75 Å². The van der Waals surface area contributed by atoms with Gasteiger partial charge in [0.1, 0.15) is 5.75 Å². The minimum atomic E-state index is -0.696. The number of fused-ring (bicyclic) bond motifs is 5. The van der Waals surface area contributed by atoms with Crippen LogP contribution in [-0.2, 0) is 23.1 Å². The molecule has 0 unspecified atom stereocenters. The maximum atomic E-state index is 12.1. The number of carbonyl (C=O) groups is 1. The monoisotopic (exact) mass is 555 g/mol. The predicted molar refractivity (Wildman–Crippen MR) is 167 cm³/mol. The van der Waals surface area contributed by atoms with Gasteiger partial charge in [-0.1, -0.05) is 85.4 Å². The standard InChI is InChI=1S/C37H49NO3/c38-21-19-29-11-10-27(22-29)6-3-1-2-4-9-34-25-28-12-13-32(36(40)41)24-30-7-5-8-31(23-30)26-37(34,20-18-28)33-14-16-35(39)17-15-33/h5,7-8,12,14-17,22-23,27,32,34,39H,1-4,6,9-11,13,18-21,24-26,38H2,(H,40,41)/b28-12+/t27-,32+,34+,37+/m0/s1. The minimum absolute atomic E-state index is 0.0170. The number of benzene rings is 2. The predicted octanol–water partition coefficient (Wildman–Crippen LogP) is 8.27. The van der Waals surface area contributed by atoms with Gasteiger partial charge in [0.25, 0.3) is 0 Å². The molecule has 4 bridgehead atoms. The number of allylic oxidation sites excluding steroid dienone is 3. The van der Waals surface area contributed by atoms with Crippen molar-refractivity contribution in [2.24, 2.45) is 23.5 Å². The molecule has 41 heavy (non-hydrogen) atoms. The number of carboxylic acid groups (broad SMARTS) is 1. The topological polar surface area (TPSA) is 83.6 Å². The number of phenolic OH excluding ortho intramolecular Hbond substituents is 1. The highest BCUT2D eigenvalue weighted by molar-refractivity contribution is 5.70. The first-order valence-electron chi connectivity index (χ1n) is 16.1. The van der Waals surface area contributed by atoms with Crippen molar-refractivity contribution < 1.29 is 15.0 Å². The molecule has 4 aliphatic carbocycles. The fourth-order valence-electron chi connectivity index (χ4n) is 8.01. The van der Waals surface area contributed by atoms with Crippen molar-refractivity contribution in [3.63, 3.8) is 0 Å². The van der Waals surface area contributed by atoms with Crippen LogP contribution in [0.15, 0.2) is 71.8 Å². The Labute approximate surface area is 246 Å². The zero-order valence-corrected chi connectivity index (χ0v) is 24.7. The van der Waals surface area contributed by atoms with Gasteiger partial charge in [0.05, 0.1) is 5.92 Å². The van der Waals surface area contributed by atoms with Crippen molar-refractivity contribution in [3.8, 4) is 5.75 Å². The summed E-state index contributed by atoms with van der Waals surface area (Å²) >= 11 is 0. The quantitative estimate of drug-likeness (QED) is 0.192. The van der Waals surface area contributed by atoms with Crippen molar-refractivity contribution in [1.29, 1.82) is 0 Å². The Morgan fingerprint density at radius 1 is 0.951 bits per heavy atom. The average molecular weight is 556 g/mol. The van der Waals surface area contributed by atoms with Gasteiger partial charge in [-0.3, -0.25) is 4.79 Å². The molecular weight excluding hydrogens is 506 g/mol. The Hall–Kier alpha value is -2.85. The van der Waals surface area contributed by atoms with Crippen LogP contribution in [0.2, 0.25) is 0 Å². The molecule has 6 rings (SSSR count). The molecule has 1 fully saturated rings. The summed E-state index contributed by atoms with van der Waals surface area (Å²) in [4.78, 5) is 12.1. The first-order valence-corrected chi connectivity index (χ1v) is 16.1. The molecule has 0 saturated heterocycles. The van der Waals surface area contributed by atoms with E-state index in [1.165, 1.54) is 68.1 Å². The fraction of sp³-hybridized carbons (Fsp3) is 0.541. The van der Waals surface area contributed by atoms with Crippen molar-refractivity contribution in [2.75, 3.05) is 6.54 Å². The van der Waals surface area contributed by atoms with Crippen molar-refractivity contribution in [1.82, 2.24) is 0 Å². The summed E-state index contributed by atoms with van der Waals surface area (Å²) in [5, 5.41) is 20.0. The minimum Gasteiger partial charge on any atom is -0.508 e. The number of hydrogen-bond donors (Lipinski definition) is 3. The molecule has 0 aromatic heterocycles. The molecule has 1 saturated carbocycles. The number of carboxylic acids is 1. The lowest BCUT2D eigenvalue weighted by Gasteiger charge is -2.47. The van der Waals surface area contributed by atoms with Gasteiger partial charge in [0, 0.05) is 5.41 Å². The molecule has 0 amide bonds. The van der Waals surface area contributed by atoms with E-state index in [0.717, 1.165) is 50.1 Å². The van der Waals surface area contributed by atoms with E-state index in [2.05, 4.69) is 48.6 Å². The SMILES string of the molecule is NCCC1=C[C@@H](CCCCCC[C@@H]2C/C3=C/C[C@@H](C(=O)O)Cc4cccc(c4)C[C@@]2(c2ccc(O)cc2)CC3)CC1. The van der Waals surface area contributed by atoms with Crippen LogP contribution in [0.3, 0.4) is 0 Å². The lowest BCUT2D eigenvalue weighted by molar-refractivity contribution is -0.141. The summed E-state index contributed by atoms with van der Waals surface area (Å²) < 4.78 is 0. The third-order valence-electron chi connectivity index (χ3n) is 10.3. The summed E-state index contributed by atoms with van der Waals surface area (Å²) in [6, 6.07) is 16.7. The molecule has 0 radical (unpaired) electrons. The van der Waals surface area contributed by atoms with Crippen LogP contribution in [-0.4, -0.2) is 22.7 Å². The maximum absolute atomic E-state index is 12.1. The van der Waals surface area contributed by atoms with E-state index in [4.69, 9.17) is 5.73 Å². The number of unbranched alkanes of at least 4 members (excludes halogenated alkanes) is 3. The Morgan fingerprint density at radius 2 is 1.73 bits per heavy atom. The van der Waals surface area contributed by atoms with E-state index in [9.17, 15) is 15.0 Å². The second-order valence-electron chi connectivity index (χ2n) is 13.1. The lowest BCUT2D eigenvalue weighted by atomic mass is 9.57. The van der Waals surface area contributed by atoms with Crippen LogP contribution in [0.25, 0.3) is 0 Å². The van der Waals surface area contributed by atoms with E-state index < -0.39 is 5.97 Å². The molecule has 220 valence electrons. The van der Waals surface area contributed by atoms with Crippen LogP contribution >= 0.6 is 0 Å². The normalized spacial score (nSPS) is 27.4. The largest absolute Gasteiger partial charge is 0.508 e. The molecular formula is C37H49NO3. The molecule has 4 aliphatic rings. The van der Waals surface area contributed by atoms with Crippen LogP contribution in [0.4, 0.5) is 0 Å². The summed E-state index contributed by atoms with van der Waals surface area (Å²) in [6.07, 6.45) is 21.3. The highest BCUT2D eigenvalue weighted by atomic mass is 16.4. The number of phenols is 1. The number of hydrogen-bond acceptors (Lipinski definition) is 3. The van der Waals surface area contributed by atoms with Crippen LogP contribution < -0.4 is 5.73 Å². The summed E-state index contributed by atoms with van der Waals surface area (Å²) in [5.74, 6) is 0.503. The van der Waals surface area contributed by atoms with Gasteiger partial charge < -0.3 is 15.9 Å². The zero-order valence-electron chi connectivity index (χ0n) is 24.7.